The maximum atomic E-state index is 11.6. The number of carbonyl (C=O) groups is 2. The van der Waals surface area contributed by atoms with E-state index in [4.69, 9.17) is 4.74 Å². The fourth-order valence-electron chi connectivity index (χ4n) is 1.91. The van der Waals surface area contributed by atoms with Crippen molar-refractivity contribution < 1.29 is 14.3 Å². The van der Waals surface area contributed by atoms with E-state index >= 15 is 0 Å². The molecule has 19 heavy (non-hydrogen) atoms. The standard InChI is InChI=1S/C13H18N2O3S/c16-12(15-8-11-2-1-6-18-11)3-5-14-13(17)10-4-7-19-9-10/h4,7,9,11H,1-3,5-6,8H2,(H,14,17)(H,15,16). The summed E-state index contributed by atoms with van der Waals surface area (Å²) in [5, 5.41) is 9.17. The van der Waals surface area contributed by atoms with Crippen molar-refractivity contribution >= 4 is 23.2 Å². The predicted octanol–water partition coefficient (Wildman–Crippen LogP) is 1.16. The second-order valence-electron chi connectivity index (χ2n) is 4.46. The van der Waals surface area contributed by atoms with Gasteiger partial charge in [-0.15, -0.1) is 0 Å². The summed E-state index contributed by atoms with van der Waals surface area (Å²) in [4.78, 5) is 23.1. The number of nitrogens with one attached hydrogen (secondary N) is 2. The lowest BCUT2D eigenvalue weighted by molar-refractivity contribution is -0.121. The van der Waals surface area contributed by atoms with Gasteiger partial charge in [-0.25, -0.2) is 0 Å². The molecule has 1 unspecified atom stereocenters. The third-order valence-electron chi connectivity index (χ3n) is 2.97. The van der Waals surface area contributed by atoms with E-state index < -0.39 is 0 Å². The normalized spacial score (nSPS) is 18.2. The van der Waals surface area contributed by atoms with Gasteiger partial charge in [-0.2, -0.15) is 11.3 Å². The molecular weight excluding hydrogens is 264 g/mol. The lowest BCUT2D eigenvalue weighted by atomic mass is 10.2. The summed E-state index contributed by atoms with van der Waals surface area (Å²) in [5.74, 6) is -0.186. The zero-order chi connectivity index (χ0) is 13.5. The Balaban J connectivity index is 1.57. The van der Waals surface area contributed by atoms with Crippen molar-refractivity contribution in [3.63, 3.8) is 0 Å². The first-order valence-electron chi connectivity index (χ1n) is 6.44. The van der Waals surface area contributed by atoms with E-state index in [1.807, 2.05) is 5.38 Å². The second-order valence-corrected chi connectivity index (χ2v) is 5.24. The lowest BCUT2D eigenvalue weighted by Crippen LogP contribution is -2.34. The largest absolute Gasteiger partial charge is 0.376 e. The summed E-state index contributed by atoms with van der Waals surface area (Å²) in [6, 6.07) is 1.76. The molecule has 2 N–H and O–H groups in total. The minimum atomic E-state index is -0.131. The first-order valence-corrected chi connectivity index (χ1v) is 7.38. The van der Waals surface area contributed by atoms with Gasteiger partial charge in [0.2, 0.25) is 5.91 Å². The van der Waals surface area contributed by atoms with Crippen LogP contribution in [0.3, 0.4) is 0 Å². The van der Waals surface area contributed by atoms with Gasteiger partial charge >= 0.3 is 0 Å². The van der Waals surface area contributed by atoms with E-state index in [1.165, 1.54) is 11.3 Å². The number of hydrogen-bond donors (Lipinski definition) is 2. The molecule has 1 aliphatic heterocycles. The van der Waals surface area contributed by atoms with E-state index in [9.17, 15) is 9.59 Å². The number of ether oxygens (including phenoxy) is 1. The summed E-state index contributed by atoms with van der Waals surface area (Å²) < 4.78 is 5.41. The van der Waals surface area contributed by atoms with Crippen LogP contribution in [0.2, 0.25) is 0 Å². The van der Waals surface area contributed by atoms with Crippen molar-refractivity contribution in [3.8, 4) is 0 Å². The van der Waals surface area contributed by atoms with Crippen LogP contribution in [0, 0.1) is 0 Å². The van der Waals surface area contributed by atoms with Crippen LogP contribution >= 0.6 is 11.3 Å². The summed E-state index contributed by atoms with van der Waals surface area (Å²) in [6.45, 7) is 1.71. The SMILES string of the molecule is O=C(CCNC(=O)c1ccsc1)NCC1CCCO1. The third-order valence-corrected chi connectivity index (χ3v) is 3.66. The Morgan fingerprint density at radius 3 is 3.00 bits per heavy atom. The molecule has 0 aromatic carbocycles. The van der Waals surface area contributed by atoms with Crippen LogP contribution in [-0.4, -0.2) is 37.6 Å². The predicted molar refractivity (Wildman–Crippen MR) is 73.3 cm³/mol. The Kier molecular flexibility index (Phi) is 5.35. The Hall–Kier alpha value is -1.40. The van der Waals surface area contributed by atoms with Crippen molar-refractivity contribution in [2.75, 3.05) is 19.7 Å². The summed E-state index contributed by atoms with van der Waals surface area (Å²) in [6.07, 6.45) is 2.53. The van der Waals surface area contributed by atoms with Crippen molar-refractivity contribution in [1.29, 1.82) is 0 Å². The van der Waals surface area contributed by atoms with Crippen molar-refractivity contribution in [3.05, 3.63) is 22.4 Å². The molecular formula is C13H18N2O3S. The molecule has 104 valence electrons. The Morgan fingerprint density at radius 2 is 2.32 bits per heavy atom. The molecule has 5 nitrogen and oxygen atoms in total. The van der Waals surface area contributed by atoms with Crippen LogP contribution in [0.1, 0.15) is 29.6 Å². The highest BCUT2D eigenvalue weighted by Crippen LogP contribution is 2.10. The molecule has 1 atom stereocenters. The number of amides is 2. The minimum Gasteiger partial charge on any atom is -0.376 e. The van der Waals surface area contributed by atoms with Crippen molar-refractivity contribution in [2.24, 2.45) is 0 Å². The van der Waals surface area contributed by atoms with E-state index in [2.05, 4.69) is 10.6 Å². The zero-order valence-corrected chi connectivity index (χ0v) is 11.5. The van der Waals surface area contributed by atoms with E-state index in [-0.39, 0.29) is 17.9 Å². The molecule has 1 aliphatic rings. The van der Waals surface area contributed by atoms with Crippen LogP contribution in [0.25, 0.3) is 0 Å². The molecule has 0 saturated carbocycles. The molecule has 0 aliphatic carbocycles. The number of carbonyl (C=O) groups excluding carboxylic acids is 2. The van der Waals surface area contributed by atoms with Gasteiger partial charge in [0.05, 0.1) is 6.10 Å². The molecule has 0 radical (unpaired) electrons. The van der Waals surface area contributed by atoms with Gasteiger partial charge in [0.1, 0.15) is 0 Å². The Morgan fingerprint density at radius 1 is 1.42 bits per heavy atom. The topological polar surface area (TPSA) is 67.4 Å². The van der Waals surface area contributed by atoms with Crippen LogP contribution in [-0.2, 0) is 9.53 Å². The molecule has 2 rings (SSSR count). The van der Waals surface area contributed by atoms with Gasteiger partial charge in [-0.1, -0.05) is 0 Å². The molecule has 0 bridgehead atoms. The average molecular weight is 282 g/mol. The van der Waals surface area contributed by atoms with Gasteiger partial charge in [-0.05, 0) is 24.3 Å². The first-order chi connectivity index (χ1) is 9.25. The number of hydrogen-bond acceptors (Lipinski definition) is 4. The van der Waals surface area contributed by atoms with Crippen LogP contribution in [0.4, 0.5) is 0 Å². The van der Waals surface area contributed by atoms with Gasteiger partial charge < -0.3 is 15.4 Å². The molecule has 2 heterocycles. The molecule has 6 heteroatoms. The molecule has 1 saturated heterocycles. The van der Waals surface area contributed by atoms with E-state index in [1.54, 1.807) is 11.4 Å². The van der Waals surface area contributed by atoms with Crippen LogP contribution < -0.4 is 10.6 Å². The Labute approximate surface area is 116 Å². The molecule has 0 spiro atoms. The van der Waals surface area contributed by atoms with Gasteiger partial charge in [-0.3, -0.25) is 9.59 Å². The highest BCUT2D eigenvalue weighted by atomic mass is 32.1. The van der Waals surface area contributed by atoms with Crippen molar-refractivity contribution in [1.82, 2.24) is 10.6 Å². The van der Waals surface area contributed by atoms with Crippen LogP contribution in [0.5, 0.6) is 0 Å². The van der Waals surface area contributed by atoms with Crippen LogP contribution in [0.15, 0.2) is 16.8 Å². The number of thiophene rings is 1. The summed E-state index contributed by atoms with van der Waals surface area (Å²) >= 11 is 1.48. The molecule has 1 aromatic rings. The third kappa shape index (κ3) is 4.65. The average Bonchev–Trinajstić information content (AvgIpc) is 3.09. The smallest absolute Gasteiger partial charge is 0.252 e. The summed E-state index contributed by atoms with van der Waals surface area (Å²) in [7, 11) is 0. The summed E-state index contributed by atoms with van der Waals surface area (Å²) in [5.41, 5.74) is 0.643. The van der Waals surface area contributed by atoms with E-state index in [0.29, 0.717) is 25.1 Å². The highest BCUT2D eigenvalue weighted by molar-refractivity contribution is 7.08. The minimum absolute atomic E-state index is 0.0545. The van der Waals surface area contributed by atoms with E-state index in [0.717, 1.165) is 19.4 Å². The fourth-order valence-corrected chi connectivity index (χ4v) is 2.54. The highest BCUT2D eigenvalue weighted by Gasteiger charge is 2.16. The maximum Gasteiger partial charge on any atom is 0.252 e. The molecule has 1 aromatic heterocycles. The van der Waals surface area contributed by atoms with Gasteiger partial charge in [0.25, 0.3) is 5.91 Å². The monoisotopic (exact) mass is 282 g/mol. The van der Waals surface area contributed by atoms with Crippen molar-refractivity contribution in [2.45, 2.75) is 25.4 Å². The van der Waals surface area contributed by atoms with Gasteiger partial charge in [0.15, 0.2) is 0 Å². The lowest BCUT2D eigenvalue weighted by Gasteiger charge is -2.10. The van der Waals surface area contributed by atoms with Gasteiger partial charge in [0, 0.05) is 37.1 Å². The first kappa shape index (κ1) is 14.0. The maximum absolute atomic E-state index is 11.6. The fraction of sp³-hybridized carbons (Fsp3) is 0.538. The quantitative estimate of drug-likeness (QED) is 0.823. The molecule has 2 amide bonds. The number of rotatable bonds is 6. The molecule has 1 fully saturated rings. The zero-order valence-electron chi connectivity index (χ0n) is 10.7. The second kappa shape index (κ2) is 7.25. The Bertz CT molecular complexity index is 414.